The fourth-order valence-electron chi connectivity index (χ4n) is 3.56. The molecule has 0 fully saturated rings. The van der Waals surface area contributed by atoms with Gasteiger partial charge in [-0.15, -0.1) is 0 Å². The quantitative estimate of drug-likeness (QED) is 0.157. The number of nitrogens with zero attached hydrogens (tertiary/aromatic N) is 2. The maximum absolute atomic E-state index is 5.55. The minimum absolute atomic E-state index is 0.976. The van der Waals surface area contributed by atoms with Gasteiger partial charge < -0.3 is 0 Å². The third-order valence-electron chi connectivity index (χ3n) is 5.32. The number of hydrogen-bond acceptors (Lipinski definition) is 1. The number of benzene rings is 2. The molecular formula is C27H38N2Ni+. The molecule has 2 rings (SSSR count). The van der Waals surface area contributed by atoms with Crippen LogP contribution >= 0.6 is 0 Å². The molecule has 0 radical (unpaired) electrons. The summed E-state index contributed by atoms with van der Waals surface area (Å²) in [5.41, 5.74) is 4.46. The summed E-state index contributed by atoms with van der Waals surface area (Å²) in [6.07, 6.45) is 13.4. The topological polar surface area (TPSA) is 15.4 Å². The average molecular weight is 449 g/mol. The summed E-state index contributed by atoms with van der Waals surface area (Å²) in [5.74, 6) is 0. The van der Waals surface area contributed by atoms with Crippen molar-refractivity contribution >= 4 is 22.8 Å². The first-order valence-electron chi connectivity index (χ1n) is 11.7. The van der Waals surface area contributed by atoms with E-state index >= 15 is 0 Å². The van der Waals surface area contributed by atoms with Gasteiger partial charge in [-0.25, -0.2) is 0 Å². The van der Waals surface area contributed by atoms with Gasteiger partial charge in [0.05, 0.1) is 0 Å². The second kappa shape index (κ2) is 15.1. The second-order valence-corrected chi connectivity index (χ2v) is 8.35. The molecule has 0 saturated carbocycles. The molecule has 0 unspecified atom stereocenters. The van der Waals surface area contributed by atoms with E-state index in [1.165, 1.54) is 50.7 Å². The van der Waals surface area contributed by atoms with Crippen LogP contribution in [0.5, 0.6) is 0 Å². The molecule has 0 aliphatic rings. The van der Waals surface area contributed by atoms with Crippen molar-refractivity contribution in [2.24, 2.45) is 4.99 Å². The van der Waals surface area contributed by atoms with Crippen molar-refractivity contribution in [3.05, 3.63) is 60.7 Å². The molecule has 0 spiro atoms. The summed E-state index contributed by atoms with van der Waals surface area (Å²) in [6, 6.07) is 20.7. The second-order valence-electron chi connectivity index (χ2n) is 7.90. The monoisotopic (exact) mass is 448 g/mol. The number of hydrogen-bond donors (Lipinski definition) is 0. The molecule has 0 heterocycles. The summed E-state index contributed by atoms with van der Waals surface area (Å²) in [6.45, 7) is 4.51. The normalized spacial score (nSPS) is 12.7. The average Bonchev–Trinajstić information content (AvgIpc) is 2.79. The Morgan fingerprint density at radius 3 is 1.90 bits per heavy atom. The molecule has 2 aromatic carbocycles. The zero-order valence-electron chi connectivity index (χ0n) is 18.8. The Morgan fingerprint density at radius 2 is 1.27 bits per heavy atom. The first-order valence-corrected chi connectivity index (χ1v) is 12.2. The van der Waals surface area contributed by atoms with Gasteiger partial charge in [-0.3, -0.25) is 0 Å². The van der Waals surface area contributed by atoms with Crippen LogP contribution in [-0.4, -0.2) is 15.1 Å². The molecule has 0 aliphatic carbocycles. The van der Waals surface area contributed by atoms with E-state index in [0.717, 1.165) is 42.8 Å². The standard InChI is InChI=1S/C27H38N2.Ni/c1-3-5-7-8-9-10-17-23-27(29-25-20-15-12-16-21-25)26(22-6-4-2)28-24-18-13-11-14-19-24;/h11-16,18-21H,3-10,17,22-23H2,1-2H3;/q;+1. The Balaban J connectivity index is 2.24. The van der Waals surface area contributed by atoms with Crippen LogP contribution in [0.4, 0.5) is 11.4 Å². The van der Waals surface area contributed by atoms with E-state index in [0.29, 0.717) is 0 Å². The van der Waals surface area contributed by atoms with Gasteiger partial charge in [-0.05, 0) is 0 Å². The third kappa shape index (κ3) is 8.96. The van der Waals surface area contributed by atoms with E-state index in [1.807, 2.05) is 15.8 Å². The van der Waals surface area contributed by atoms with Crippen LogP contribution in [-0.2, 0) is 15.7 Å². The first kappa shape index (κ1) is 24.5. The van der Waals surface area contributed by atoms with Crippen LogP contribution < -0.4 is 0 Å². The van der Waals surface area contributed by atoms with Gasteiger partial charge in [-0.1, -0.05) is 0 Å². The first-order chi connectivity index (χ1) is 14.8. The molecule has 0 atom stereocenters. The van der Waals surface area contributed by atoms with Crippen LogP contribution in [0.25, 0.3) is 0 Å². The van der Waals surface area contributed by atoms with E-state index in [4.69, 9.17) is 20.7 Å². The molecule has 30 heavy (non-hydrogen) atoms. The molecule has 3 heteroatoms. The van der Waals surface area contributed by atoms with E-state index in [1.54, 1.807) is 0 Å². The van der Waals surface area contributed by atoms with Gasteiger partial charge in [0, 0.05) is 0 Å². The van der Waals surface area contributed by atoms with Crippen LogP contribution in [0.15, 0.2) is 65.7 Å². The van der Waals surface area contributed by atoms with Gasteiger partial charge >= 0.3 is 192 Å². The molecule has 2 aromatic rings. The number of para-hydroxylation sites is 2. The maximum atomic E-state index is 5.55. The molecule has 165 valence electrons. The SMILES string of the molecule is CCCCCCCCCC(C(CCCC)=Nc1ccccc1)=[N+]([Ni])c1ccccc1. The van der Waals surface area contributed by atoms with Crippen molar-refractivity contribution in [3.8, 4) is 0 Å². The van der Waals surface area contributed by atoms with E-state index < -0.39 is 0 Å². The van der Waals surface area contributed by atoms with Crippen molar-refractivity contribution < 1.29 is 19.3 Å². The molecular weight excluding hydrogens is 411 g/mol. The predicted molar refractivity (Wildman–Crippen MR) is 127 cm³/mol. The fourth-order valence-corrected chi connectivity index (χ4v) is 3.95. The fraction of sp³-hybridized carbons (Fsp3) is 0.481. The van der Waals surface area contributed by atoms with E-state index in [2.05, 4.69) is 62.4 Å². The van der Waals surface area contributed by atoms with Crippen LogP contribution in [0.1, 0.15) is 84.5 Å². The Bertz CT molecular complexity index is 766. The van der Waals surface area contributed by atoms with Gasteiger partial charge in [0.2, 0.25) is 0 Å². The molecule has 0 aromatic heterocycles. The van der Waals surface area contributed by atoms with Gasteiger partial charge in [0.15, 0.2) is 0 Å². The summed E-state index contributed by atoms with van der Waals surface area (Å²) < 4.78 is 1.99. The van der Waals surface area contributed by atoms with Crippen molar-refractivity contribution in [1.82, 2.24) is 0 Å². The molecule has 0 aliphatic heterocycles. The van der Waals surface area contributed by atoms with Crippen LogP contribution in [0.2, 0.25) is 0 Å². The summed E-state index contributed by atoms with van der Waals surface area (Å²) >= 11 is 5.55. The number of aliphatic imine (C=N–C) groups is 1. The van der Waals surface area contributed by atoms with Gasteiger partial charge in [0.25, 0.3) is 0 Å². The molecule has 0 saturated heterocycles. The van der Waals surface area contributed by atoms with Crippen molar-refractivity contribution in [1.29, 1.82) is 0 Å². The predicted octanol–water partition coefficient (Wildman–Crippen LogP) is 8.34. The Hall–Kier alpha value is -1.73. The van der Waals surface area contributed by atoms with Gasteiger partial charge in [-0.2, -0.15) is 0 Å². The van der Waals surface area contributed by atoms with Crippen molar-refractivity contribution in [2.75, 3.05) is 0 Å². The zero-order chi connectivity index (χ0) is 21.4. The molecule has 0 amide bonds. The molecule has 2 nitrogen and oxygen atoms in total. The Labute approximate surface area is 192 Å². The van der Waals surface area contributed by atoms with Crippen LogP contribution in [0.3, 0.4) is 0 Å². The Kier molecular flexibility index (Phi) is 12.4. The van der Waals surface area contributed by atoms with Crippen molar-refractivity contribution in [3.63, 3.8) is 0 Å². The Morgan fingerprint density at radius 1 is 0.700 bits per heavy atom. The van der Waals surface area contributed by atoms with Crippen molar-refractivity contribution in [2.45, 2.75) is 84.5 Å². The summed E-state index contributed by atoms with van der Waals surface area (Å²) in [7, 11) is 0. The summed E-state index contributed by atoms with van der Waals surface area (Å²) in [4.78, 5) is 5.06. The summed E-state index contributed by atoms with van der Waals surface area (Å²) in [5, 5.41) is 0. The minimum atomic E-state index is 0.976. The van der Waals surface area contributed by atoms with Gasteiger partial charge in [0.1, 0.15) is 0 Å². The zero-order valence-corrected chi connectivity index (χ0v) is 19.7. The third-order valence-corrected chi connectivity index (χ3v) is 5.85. The molecule has 0 bridgehead atoms. The van der Waals surface area contributed by atoms with E-state index in [-0.39, 0.29) is 0 Å². The molecule has 0 N–H and O–H groups in total. The number of rotatable bonds is 14. The van der Waals surface area contributed by atoms with E-state index in [9.17, 15) is 0 Å². The number of unbranched alkanes of at least 4 members (excludes halogenated alkanes) is 7. The van der Waals surface area contributed by atoms with Crippen LogP contribution in [0, 0.1) is 0 Å².